The average molecular weight is 433 g/mol. The molecule has 6 heteroatoms. The number of rotatable bonds is 6. The van der Waals surface area contributed by atoms with Crippen molar-refractivity contribution in [3.05, 3.63) is 57.6 Å². The monoisotopic (exact) mass is 432 g/mol. The van der Waals surface area contributed by atoms with E-state index in [1.165, 1.54) is 0 Å². The molecule has 0 amide bonds. The van der Waals surface area contributed by atoms with Crippen molar-refractivity contribution in [2.45, 2.75) is 57.3 Å². The Morgan fingerprint density at radius 3 is 2.67 bits per heavy atom. The van der Waals surface area contributed by atoms with Crippen molar-refractivity contribution in [3.8, 4) is 11.5 Å². The number of aliphatic hydroxyl groups is 2. The maximum absolute atomic E-state index is 10.3. The smallest absolute Gasteiger partial charge is 0.130 e. The highest BCUT2D eigenvalue weighted by Gasteiger charge is 2.35. The molecule has 2 aromatic rings. The van der Waals surface area contributed by atoms with Crippen molar-refractivity contribution in [3.63, 3.8) is 0 Å². The highest BCUT2D eigenvalue weighted by molar-refractivity contribution is 6.32. The molecule has 0 saturated carbocycles. The Labute approximate surface area is 182 Å². The zero-order valence-electron chi connectivity index (χ0n) is 17.4. The van der Waals surface area contributed by atoms with Gasteiger partial charge in [0.25, 0.3) is 0 Å². The molecule has 1 saturated heterocycles. The molecular weight excluding hydrogens is 404 g/mol. The van der Waals surface area contributed by atoms with Gasteiger partial charge in [-0.2, -0.15) is 0 Å². The predicted octanol–water partition coefficient (Wildman–Crippen LogP) is 4.40. The fraction of sp³-hybridized carbons (Fsp3) is 0.500. The summed E-state index contributed by atoms with van der Waals surface area (Å²) in [5.41, 5.74) is 4.07. The lowest BCUT2D eigenvalue weighted by atomic mass is 9.89. The number of hydrogen-bond acceptors (Lipinski definition) is 5. The number of fused-ring (bicyclic) bond motifs is 1. The van der Waals surface area contributed by atoms with Crippen LogP contribution in [0.5, 0.6) is 11.5 Å². The molecule has 0 bridgehead atoms. The normalized spacial score (nSPS) is 25.6. The Hall–Kier alpha value is -1.79. The lowest BCUT2D eigenvalue weighted by molar-refractivity contribution is -0.114. The zero-order chi connectivity index (χ0) is 21.3. The Kier molecular flexibility index (Phi) is 6.54. The van der Waals surface area contributed by atoms with Gasteiger partial charge in [0.2, 0.25) is 0 Å². The second-order valence-corrected chi connectivity index (χ2v) is 8.58. The van der Waals surface area contributed by atoms with Crippen LogP contribution in [0, 0.1) is 0 Å². The Morgan fingerprint density at radius 1 is 1.20 bits per heavy atom. The van der Waals surface area contributed by atoms with Gasteiger partial charge in [-0.15, -0.1) is 0 Å². The van der Waals surface area contributed by atoms with Gasteiger partial charge in [0.15, 0.2) is 0 Å². The minimum atomic E-state index is -0.513. The van der Waals surface area contributed by atoms with Gasteiger partial charge >= 0.3 is 0 Å². The van der Waals surface area contributed by atoms with Crippen LogP contribution < -0.4 is 9.47 Å². The molecular formula is C24H29ClO5. The molecule has 1 fully saturated rings. The van der Waals surface area contributed by atoms with E-state index < -0.39 is 6.10 Å². The SMILES string of the molecule is CCOc1ccc(Cc2cc(C3CC(O)CC(CO)O3)c3c(c2Cl)C(C)CO3)cc1. The van der Waals surface area contributed by atoms with Gasteiger partial charge < -0.3 is 24.4 Å². The van der Waals surface area contributed by atoms with E-state index in [4.69, 9.17) is 25.8 Å². The number of halogens is 1. The average Bonchev–Trinajstić information content (AvgIpc) is 3.13. The van der Waals surface area contributed by atoms with Crippen LogP contribution in [-0.4, -0.2) is 42.2 Å². The summed E-state index contributed by atoms with van der Waals surface area (Å²) in [6.45, 7) is 5.18. The van der Waals surface area contributed by atoms with E-state index >= 15 is 0 Å². The van der Waals surface area contributed by atoms with Crippen LogP contribution in [0.3, 0.4) is 0 Å². The zero-order valence-corrected chi connectivity index (χ0v) is 18.2. The van der Waals surface area contributed by atoms with Crippen molar-refractivity contribution >= 4 is 11.6 Å². The molecule has 2 heterocycles. The van der Waals surface area contributed by atoms with Gasteiger partial charge in [-0.3, -0.25) is 0 Å². The summed E-state index contributed by atoms with van der Waals surface area (Å²) in [4.78, 5) is 0. The lowest BCUT2D eigenvalue weighted by Crippen LogP contribution is -2.33. The van der Waals surface area contributed by atoms with Crippen LogP contribution in [0.4, 0.5) is 0 Å². The van der Waals surface area contributed by atoms with E-state index in [2.05, 4.69) is 19.1 Å². The maximum Gasteiger partial charge on any atom is 0.130 e. The largest absolute Gasteiger partial charge is 0.494 e. The van der Waals surface area contributed by atoms with E-state index in [1.807, 2.05) is 25.1 Å². The van der Waals surface area contributed by atoms with E-state index in [0.29, 0.717) is 32.5 Å². The van der Waals surface area contributed by atoms with Gasteiger partial charge in [-0.05, 0) is 42.7 Å². The minimum Gasteiger partial charge on any atom is -0.494 e. The van der Waals surface area contributed by atoms with Crippen molar-refractivity contribution in [2.24, 2.45) is 0 Å². The first-order valence-corrected chi connectivity index (χ1v) is 11.0. The number of benzene rings is 2. The molecule has 0 aromatic heterocycles. The van der Waals surface area contributed by atoms with E-state index in [9.17, 15) is 10.2 Å². The second-order valence-electron chi connectivity index (χ2n) is 8.20. The molecule has 0 aliphatic carbocycles. The van der Waals surface area contributed by atoms with Crippen molar-refractivity contribution in [1.29, 1.82) is 0 Å². The number of aliphatic hydroxyl groups excluding tert-OH is 2. The fourth-order valence-corrected chi connectivity index (χ4v) is 4.80. The third-order valence-corrected chi connectivity index (χ3v) is 6.33. The Balaban J connectivity index is 1.69. The van der Waals surface area contributed by atoms with Gasteiger partial charge in [0.1, 0.15) is 11.5 Å². The molecule has 4 rings (SSSR count). The summed E-state index contributed by atoms with van der Waals surface area (Å²) >= 11 is 6.84. The van der Waals surface area contributed by atoms with Crippen LogP contribution in [0.15, 0.2) is 30.3 Å². The summed E-state index contributed by atoms with van der Waals surface area (Å²) in [5.74, 6) is 1.82. The van der Waals surface area contributed by atoms with Crippen molar-refractivity contribution < 1.29 is 24.4 Å². The first kappa shape index (κ1) is 21.4. The highest BCUT2D eigenvalue weighted by Crippen LogP contribution is 2.48. The molecule has 2 N–H and O–H groups in total. The molecule has 2 aliphatic heterocycles. The quantitative estimate of drug-likeness (QED) is 0.708. The van der Waals surface area contributed by atoms with Gasteiger partial charge in [-0.1, -0.05) is 30.7 Å². The molecule has 0 radical (unpaired) electrons. The molecule has 162 valence electrons. The van der Waals surface area contributed by atoms with E-state index in [0.717, 1.165) is 38.8 Å². The summed E-state index contributed by atoms with van der Waals surface area (Å²) < 4.78 is 17.6. The third-order valence-electron chi connectivity index (χ3n) is 5.88. The molecule has 30 heavy (non-hydrogen) atoms. The summed E-state index contributed by atoms with van der Waals surface area (Å²) in [6.07, 6.45) is 0.376. The highest BCUT2D eigenvalue weighted by atomic mass is 35.5. The van der Waals surface area contributed by atoms with E-state index in [1.54, 1.807) is 0 Å². The predicted molar refractivity (Wildman–Crippen MR) is 116 cm³/mol. The molecule has 0 spiro atoms. The second kappa shape index (κ2) is 9.15. The maximum atomic E-state index is 10.3. The fourth-order valence-electron chi connectivity index (χ4n) is 4.40. The Bertz CT molecular complexity index is 882. The van der Waals surface area contributed by atoms with Crippen molar-refractivity contribution in [1.82, 2.24) is 0 Å². The lowest BCUT2D eigenvalue weighted by Gasteiger charge is -2.33. The molecule has 4 atom stereocenters. The van der Waals surface area contributed by atoms with Crippen LogP contribution in [0.25, 0.3) is 0 Å². The number of hydrogen-bond donors (Lipinski definition) is 2. The first-order valence-electron chi connectivity index (χ1n) is 10.6. The van der Waals surface area contributed by atoms with Gasteiger partial charge in [0.05, 0.1) is 43.2 Å². The summed E-state index contributed by atoms with van der Waals surface area (Å²) in [5, 5.41) is 20.6. The van der Waals surface area contributed by atoms with Crippen LogP contribution in [0.2, 0.25) is 5.02 Å². The molecule has 2 aromatic carbocycles. The molecule has 5 nitrogen and oxygen atoms in total. The molecule has 2 aliphatic rings. The third kappa shape index (κ3) is 4.30. The standard InChI is InChI=1S/C24H29ClO5/c1-3-28-18-6-4-15(5-7-18)8-16-9-20(21-11-17(27)10-19(12-26)30-21)24-22(23(16)25)14(2)13-29-24/h4-7,9,14,17,19,21,26-27H,3,8,10-13H2,1-2H3. The van der Waals surface area contributed by atoms with Crippen LogP contribution >= 0.6 is 11.6 Å². The van der Waals surface area contributed by atoms with E-state index in [-0.39, 0.29) is 24.7 Å². The minimum absolute atomic E-state index is 0.111. The van der Waals surface area contributed by atoms with Crippen LogP contribution in [-0.2, 0) is 11.2 Å². The molecule has 4 unspecified atom stereocenters. The van der Waals surface area contributed by atoms with Gasteiger partial charge in [0, 0.05) is 29.9 Å². The first-order chi connectivity index (χ1) is 14.5. The van der Waals surface area contributed by atoms with Gasteiger partial charge in [-0.25, -0.2) is 0 Å². The Morgan fingerprint density at radius 2 is 1.97 bits per heavy atom. The number of ether oxygens (including phenoxy) is 3. The summed E-state index contributed by atoms with van der Waals surface area (Å²) in [7, 11) is 0. The summed E-state index contributed by atoms with van der Waals surface area (Å²) in [6, 6.07) is 10.1. The van der Waals surface area contributed by atoms with Crippen LogP contribution in [0.1, 0.15) is 61.0 Å². The topological polar surface area (TPSA) is 68.2 Å². The van der Waals surface area contributed by atoms with Crippen molar-refractivity contribution in [2.75, 3.05) is 19.8 Å².